The molecule has 0 amide bonds. The molecule has 15 heavy (non-hydrogen) atoms. The van der Waals surface area contributed by atoms with E-state index in [-0.39, 0.29) is 0 Å². The largest absolute Gasteiger partial charge is 0.496 e. The topological polar surface area (TPSA) is 27.1 Å². The van der Waals surface area contributed by atoms with Crippen molar-refractivity contribution >= 4 is 0 Å². The second kappa shape index (κ2) is 3.77. The van der Waals surface area contributed by atoms with Gasteiger partial charge in [0.1, 0.15) is 5.75 Å². The van der Waals surface area contributed by atoms with E-state index in [1.807, 2.05) is 29.9 Å². The maximum absolute atomic E-state index is 5.27. The highest BCUT2D eigenvalue weighted by Crippen LogP contribution is 2.24. The normalized spacial score (nSPS) is 10.3. The molecule has 0 atom stereocenters. The summed E-state index contributed by atoms with van der Waals surface area (Å²) < 4.78 is 7.13. The summed E-state index contributed by atoms with van der Waals surface area (Å²) in [4.78, 5) is 0. The summed E-state index contributed by atoms with van der Waals surface area (Å²) in [6.07, 6.45) is 3.72. The van der Waals surface area contributed by atoms with Crippen LogP contribution in [0.3, 0.4) is 0 Å². The molecule has 0 spiro atoms. The van der Waals surface area contributed by atoms with Gasteiger partial charge < -0.3 is 4.74 Å². The van der Waals surface area contributed by atoms with Gasteiger partial charge in [-0.15, -0.1) is 0 Å². The molecule has 0 aliphatic carbocycles. The van der Waals surface area contributed by atoms with Crippen molar-refractivity contribution in [2.24, 2.45) is 0 Å². The molecule has 0 aliphatic rings. The summed E-state index contributed by atoms with van der Waals surface area (Å²) in [5.41, 5.74) is 3.37. The molecule has 0 radical (unpaired) electrons. The molecule has 78 valence electrons. The van der Waals surface area contributed by atoms with Gasteiger partial charge in [-0.3, -0.25) is 0 Å². The van der Waals surface area contributed by atoms with Crippen LogP contribution in [0.4, 0.5) is 0 Å². The lowest BCUT2D eigenvalue weighted by molar-refractivity contribution is 0.411. The Bertz CT molecular complexity index is 461. The van der Waals surface area contributed by atoms with Gasteiger partial charge in [0.2, 0.25) is 0 Å². The monoisotopic (exact) mass is 202 g/mol. The highest BCUT2D eigenvalue weighted by atomic mass is 16.5. The van der Waals surface area contributed by atoms with Gasteiger partial charge in [-0.05, 0) is 43.2 Å². The Hall–Kier alpha value is -1.77. The van der Waals surface area contributed by atoms with Crippen LogP contribution in [0.1, 0.15) is 11.1 Å². The molecule has 1 aromatic heterocycles. The van der Waals surface area contributed by atoms with Crippen LogP contribution in [-0.4, -0.2) is 16.9 Å². The van der Waals surface area contributed by atoms with Crippen molar-refractivity contribution in [3.05, 3.63) is 41.7 Å². The van der Waals surface area contributed by atoms with E-state index in [2.05, 4.69) is 18.1 Å². The van der Waals surface area contributed by atoms with Crippen molar-refractivity contribution in [1.29, 1.82) is 0 Å². The van der Waals surface area contributed by atoms with Crippen molar-refractivity contribution in [2.45, 2.75) is 13.8 Å². The van der Waals surface area contributed by atoms with Crippen LogP contribution in [-0.2, 0) is 0 Å². The Morgan fingerprint density at radius 2 is 2.00 bits per heavy atom. The molecule has 0 N–H and O–H groups in total. The fourth-order valence-corrected chi connectivity index (χ4v) is 1.65. The van der Waals surface area contributed by atoms with Gasteiger partial charge in [-0.1, -0.05) is 0 Å². The van der Waals surface area contributed by atoms with Crippen LogP contribution < -0.4 is 4.74 Å². The molecule has 1 heterocycles. The first kappa shape index (κ1) is 9.77. The lowest BCUT2D eigenvalue weighted by atomic mass is 10.1. The van der Waals surface area contributed by atoms with Crippen LogP contribution in [0.2, 0.25) is 0 Å². The van der Waals surface area contributed by atoms with E-state index < -0.39 is 0 Å². The van der Waals surface area contributed by atoms with E-state index in [1.54, 1.807) is 13.3 Å². The molecule has 0 saturated heterocycles. The number of hydrogen-bond acceptors (Lipinski definition) is 2. The third-order valence-electron chi connectivity index (χ3n) is 2.46. The molecule has 3 nitrogen and oxygen atoms in total. The molecule has 3 heteroatoms. The van der Waals surface area contributed by atoms with Gasteiger partial charge in [-0.25, -0.2) is 4.68 Å². The smallest absolute Gasteiger partial charge is 0.122 e. The molecular weight excluding hydrogens is 188 g/mol. The number of aromatic nitrogens is 2. The molecule has 0 unspecified atom stereocenters. The fraction of sp³-hybridized carbons (Fsp3) is 0.250. The minimum atomic E-state index is 0.920. The summed E-state index contributed by atoms with van der Waals surface area (Å²) in [5.74, 6) is 0.920. The van der Waals surface area contributed by atoms with E-state index in [1.165, 1.54) is 0 Å². The Morgan fingerprint density at radius 3 is 2.60 bits per heavy atom. The average molecular weight is 202 g/mol. The van der Waals surface area contributed by atoms with Crippen molar-refractivity contribution in [3.63, 3.8) is 0 Å². The average Bonchev–Trinajstić information content (AvgIpc) is 2.74. The van der Waals surface area contributed by atoms with Crippen molar-refractivity contribution in [3.8, 4) is 11.4 Å². The maximum atomic E-state index is 5.27. The Balaban J connectivity index is 2.55. The molecular formula is C12H14N2O. The van der Waals surface area contributed by atoms with E-state index >= 15 is 0 Å². The number of nitrogens with zero attached hydrogens (tertiary/aromatic N) is 2. The predicted octanol–water partition coefficient (Wildman–Crippen LogP) is 2.50. The first-order chi connectivity index (χ1) is 7.22. The third kappa shape index (κ3) is 1.73. The van der Waals surface area contributed by atoms with E-state index in [0.717, 1.165) is 22.6 Å². The summed E-state index contributed by atoms with van der Waals surface area (Å²) in [7, 11) is 1.69. The minimum Gasteiger partial charge on any atom is -0.496 e. The van der Waals surface area contributed by atoms with Crippen LogP contribution in [0.5, 0.6) is 5.75 Å². The fourth-order valence-electron chi connectivity index (χ4n) is 1.65. The zero-order chi connectivity index (χ0) is 10.8. The number of benzene rings is 1. The Morgan fingerprint density at radius 1 is 1.20 bits per heavy atom. The standard InChI is InChI=1S/C12H14N2O/c1-9-8-12(15-3)10(2)7-11(9)14-6-4-5-13-14/h4-8H,1-3H3. The third-order valence-corrected chi connectivity index (χ3v) is 2.46. The van der Waals surface area contributed by atoms with E-state index in [9.17, 15) is 0 Å². The molecule has 0 aliphatic heterocycles. The summed E-state index contributed by atoms with van der Waals surface area (Å²) in [6, 6.07) is 6.03. The van der Waals surface area contributed by atoms with Crippen molar-refractivity contribution < 1.29 is 4.74 Å². The highest BCUT2D eigenvalue weighted by Gasteiger charge is 2.06. The lowest BCUT2D eigenvalue weighted by Gasteiger charge is -2.11. The van der Waals surface area contributed by atoms with Crippen LogP contribution >= 0.6 is 0 Å². The van der Waals surface area contributed by atoms with Gasteiger partial charge in [0.25, 0.3) is 0 Å². The quantitative estimate of drug-likeness (QED) is 0.748. The zero-order valence-electron chi connectivity index (χ0n) is 9.19. The number of rotatable bonds is 2. The minimum absolute atomic E-state index is 0.920. The number of ether oxygens (including phenoxy) is 1. The molecule has 0 fully saturated rings. The van der Waals surface area contributed by atoms with E-state index in [4.69, 9.17) is 4.74 Å². The summed E-state index contributed by atoms with van der Waals surface area (Å²) in [5, 5.41) is 4.22. The second-order valence-electron chi connectivity index (χ2n) is 3.56. The first-order valence-corrected chi connectivity index (χ1v) is 4.87. The maximum Gasteiger partial charge on any atom is 0.122 e. The molecule has 2 rings (SSSR count). The number of aryl methyl sites for hydroxylation is 2. The van der Waals surface area contributed by atoms with Crippen molar-refractivity contribution in [1.82, 2.24) is 9.78 Å². The predicted molar refractivity (Wildman–Crippen MR) is 59.6 cm³/mol. The van der Waals surface area contributed by atoms with Crippen LogP contribution in [0.25, 0.3) is 5.69 Å². The summed E-state index contributed by atoms with van der Waals surface area (Å²) in [6.45, 7) is 4.09. The number of hydrogen-bond donors (Lipinski definition) is 0. The van der Waals surface area contributed by atoms with Gasteiger partial charge in [0.05, 0.1) is 12.8 Å². The summed E-state index contributed by atoms with van der Waals surface area (Å²) >= 11 is 0. The highest BCUT2D eigenvalue weighted by molar-refractivity contribution is 5.49. The second-order valence-corrected chi connectivity index (χ2v) is 3.56. The molecule has 0 saturated carbocycles. The number of methoxy groups -OCH3 is 1. The molecule has 2 aromatic rings. The lowest BCUT2D eigenvalue weighted by Crippen LogP contribution is -1.99. The van der Waals surface area contributed by atoms with Crippen molar-refractivity contribution in [2.75, 3.05) is 7.11 Å². The Labute approximate surface area is 89.3 Å². The first-order valence-electron chi connectivity index (χ1n) is 4.87. The molecule has 1 aromatic carbocycles. The van der Waals surface area contributed by atoms with Gasteiger partial charge in [0, 0.05) is 12.4 Å². The molecule has 0 bridgehead atoms. The van der Waals surface area contributed by atoms with Crippen LogP contribution in [0.15, 0.2) is 30.6 Å². The van der Waals surface area contributed by atoms with Gasteiger partial charge in [0.15, 0.2) is 0 Å². The van der Waals surface area contributed by atoms with E-state index in [0.29, 0.717) is 0 Å². The van der Waals surface area contributed by atoms with Crippen LogP contribution in [0, 0.1) is 13.8 Å². The van der Waals surface area contributed by atoms with Gasteiger partial charge in [-0.2, -0.15) is 5.10 Å². The van der Waals surface area contributed by atoms with Gasteiger partial charge >= 0.3 is 0 Å². The SMILES string of the molecule is COc1cc(C)c(-n2cccn2)cc1C. The zero-order valence-corrected chi connectivity index (χ0v) is 9.19. The Kier molecular flexibility index (Phi) is 2.46.